The minimum absolute atomic E-state index is 0.0662. The first kappa shape index (κ1) is 24.2. The molecule has 2 unspecified atom stereocenters. The number of hydrogen-bond acceptors (Lipinski definition) is 6. The van der Waals surface area contributed by atoms with Gasteiger partial charge in [0, 0.05) is 19.1 Å². The number of nitrogens with one attached hydrogen (secondary N) is 2. The quantitative estimate of drug-likeness (QED) is 0.622. The van der Waals surface area contributed by atoms with Crippen LogP contribution in [0, 0.1) is 11.8 Å². The van der Waals surface area contributed by atoms with E-state index in [1.54, 1.807) is 0 Å². The Morgan fingerprint density at radius 3 is 2.22 bits per heavy atom. The Bertz CT molecular complexity index is 931. The second-order valence-corrected chi connectivity index (χ2v) is 10.8. The van der Waals surface area contributed by atoms with Crippen molar-refractivity contribution in [1.29, 1.82) is 0 Å². The summed E-state index contributed by atoms with van der Waals surface area (Å²) in [5, 5.41) is 4.84. The van der Waals surface area contributed by atoms with Crippen LogP contribution in [0.2, 0.25) is 0 Å². The molecule has 1 aromatic carbocycles. The van der Waals surface area contributed by atoms with Gasteiger partial charge in [-0.1, -0.05) is 26.7 Å². The molecular weight excluding hydrogens is 434 g/mol. The van der Waals surface area contributed by atoms with Crippen molar-refractivity contribution in [2.45, 2.75) is 56.9 Å². The van der Waals surface area contributed by atoms with Gasteiger partial charge in [-0.25, -0.2) is 18.0 Å². The monoisotopic (exact) mass is 465 g/mol. The Morgan fingerprint density at radius 1 is 1.03 bits per heavy atom. The summed E-state index contributed by atoms with van der Waals surface area (Å²) in [5.74, 6) is -0.940. The highest BCUT2D eigenvalue weighted by atomic mass is 32.2. The molecule has 0 spiro atoms. The molecule has 2 aliphatic rings. The fourth-order valence-electron chi connectivity index (χ4n) is 4.38. The molecular formula is C22H31N3O6S. The zero-order valence-corrected chi connectivity index (χ0v) is 19.3. The molecule has 3 amide bonds. The Hall–Kier alpha value is -2.46. The van der Waals surface area contributed by atoms with Gasteiger partial charge in [-0.15, -0.1) is 0 Å². The normalized spacial score (nSPS) is 22.3. The average Bonchev–Trinajstić information content (AvgIpc) is 3.24. The van der Waals surface area contributed by atoms with Gasteiger partial charge in [-0.3, -0.25) is 10.1 Å². The lowest BCUT2D eigenvalue weighted by Crippen LogP contribution is -2.45. The summed E-state index contributed by atoms with van der Waals surface area (Å²) in [6, 6.07) is 4.91. The van der Waals surface area contributed by atoms with E-state index < -0.39 is 34.5 Å². The predicted octanol–water partition coefficient (Wildman–Crippen LogP) is 2.28. The van der Waals surface area contributed by atoms with Gasteiger partial charge in [0.2, 0.25) is 10.0 Å². The molecule has 1 aliphatic carbocycles. The lowest BCUT2D eigenvalue weighted by molar-refractivity contribution is -0.123. The molecule has 1 heterocycles. The number of hydrogen-bond donors (Lipinski definition) is 2. The molecule has 32 heavy (non-hydrogen) atoms. The molecule has 2 fully saturated rings. The highest BCUT2D eigenvalue weighted by Gasteiger charge is 2.31. The molecule has 2 atom stereocenters. The number of piperidine rings is 1. The molecule has 2 N–H and O–H groups in total. The maximum absolute atomic E-state index is 12.9. The molecule has 10 heteroatoms. The van der Waals surface area contributed by atoms with Crippen LogP contribution in [0.15, 0.2) is 29.2 Å². The third-order valence-corrected chi connectivity index (χ3v) is 7.69. The highest BCUT2D eigenvalue weighted by Crippen LogP contribution is 2.26. The minimum atomic E-state index is -3.65. The number of nitrogens with zero attached hydrogens (tertiary/aromatic N) is 1. The first-order valence-electron chi connectivity index (χ1n) is 11.0. The fraction of sp³-hybridized carbons (Fsp3) is 0.591. The third-order valence-electron chi connectivity index (χ3n) is 5.84. The lowest BCUT2D eigenvalue weighted by Gasteiger charge is -2.34. The number of amides is 3. The van der Waals surface area contributed by atoms with Crippen LogP contribution in [0.1, 0.15) is 56.3 Å². The van der Waals surface area contributed by atoms with E-state index in [9.17, 15) is 22.8 Å². The number of ether oxygens (including phenoxy) is 1. The summed E-state index contributed by atoms with van der Waals surface area (Å²) < 4.78 is 32.3. The van der Waals surface area contributed by atoms with Crippen LogP contribution in [0.25, 0.3) is 0 Å². The van der Waals surface area contributed by atoms with E-state index in [1.807, 2.05) is 13.8 Å². The molecule has 176 valence electrons. The summed E-state index contributed by atoms with van der Waals surface area (Å²) in [6.07, 6.45) is 4.86. The number of carbonyl (C=O) groups excluding carboxylic acids is 3. The smallest absolute Gasteiger partial charge is 0.338 e. The summed E-state index contributed by atoms with van der Waals surface area (Å²) in [5.41, 5.74) is 0.118. The Morgan fingerprint density at radius 2 is 1.62 bits per heavy atom. The molecule has 1 saturated heterocycles. The molecule has 0 bridgehead atoms. The van der Waals surface area contributed by atoms with Crippen LogP contribution in [-0.2, 0) is 19.6 Å². The van der Waals surface area contributed by atoms with E-state index >= 15 is 0 Å². The summed E-state index contributed by atoms with van der Waals surface area (Å²) in [4.78, 5) is 35.9. The van der Waals surface area contributed by atoms with Crippen molar-refractivity contribution in [2.75, 3.05) is 19.7 Å². The van der Waals surface area contributed by atoms with Gasteiger partial charge in [0.1, 0.15) is 0 Å². The van der Waals surface area contributed by atoms with Gasteiger partial charge in [0.15, 0.2) is 6.61 Å². The summed E-state index contributed by atoms with van der Waals surface area (Å²) >= 11 is 0. The predicted molar refractivity (Wildman–Crippen MR) is 117 cm³/mol. The molecule has 1 saturated carbocycles. The second kappa shape index (κ2) is 10.4. The van der Waals surface area contributed by atoms with Crippen LogP contribution in [-0.4, -0.2) is 56.4 Å². The van der Waals surface area contributed by atoms with Crippen LogP contribution < -0.4 is 10.6 Å². The average molecular weight is 466 g/mol. The molecule has 9 nitrogen and oxygen atoms in total. The van der Waals surface area contributed by atoms with Gasteiger partial charge in [-0.2, -0.15) is 4.31 Å². The summed E-state index contributed by atoms with van der Waals surface area (Å²) in [7, 11) is -3.65. The Labute approximate surface area is 188 Å². The first-order chi connectivity index (χ1) is 15.1. The van der Waals surface area contributed by atoms with E-state index in [0.29, 0.717) is 13.1 Å². The number of imide groups is 1. The van der Waals surface area contributed by atoms with Crippen molar-refractivity contribution < 1.29 is 27.5 Å². The first-order valence-corrected chi connectivity index (χ1v) is 12.5. The van der Waals surface area contributed by atoms with Gasteiger partial charge in [-0.05, 0) is 55.4 Å². The SMILES string of the molecule is CC1CC(C)CN(S(=O)(=O)c2ccc(C(=O)OCC(=O)NC(=O)NC3CCCC3)cc2)C1. The number of esters is 1. The summed E-state index contributed by atoms with van der Waals surface area (Å²) in [6.45, 7) is 4.40. The third kappa shape index (κ3) is 6.29. The fourth-order valence-corrected chi connectivity index (χ4v) is 6.06. The Balaban J connectivity index is 1.51. The number of urea groups is 1. The van der Waals surface area contributed by atoms with Crippen LogP contribution in [0.4, 0.5) is 4.79 Å². The minimum Gasteiger partial charge on any atom is -0.452 e. The molecule has 3 rings (SSSR count). The van der Waals surface area contributed by atoms with Gasteiger partial charge < -0.3 is 10.1 Å². The van der Waals surface area contributed by atoms with Gasteiger partial charge in [0.25, 0.3) is 5.91 Å². The van der Waals surface area contributed by atoms with Crippen LogP contribution >= 0.6 is 0 Å². The zero-order valence-electron chi connectivity index (χ0n) is 18.5. The zero-order chi connectivity index (χ0) is 23.3. The maximum atomic E-state index is 12.9. The maximum Gasteiger partial charge on any atom is 0.338 e. The van der Waals surface area contributed by atoms with Crippen LogP contribution in [0.5, 0.6) is 0 Å². The topological polar surface area (TPSA) is 122 Å². The Kier molecular flexibility index (Phi) is 7.89. The van der Waals surface area contributed by atoms with E-state index in [0.717, 1.165) is 32.1 Å². The number of sulfonamides is 1. The molecule has 0 aromatic heterocycles. The van der Waals surface area contributed by atoms with Crippen molar-refractivity contribution in [3.8, 4) is 0 Å². The number of carbonyl (C=O) groups is 3. The van der Waals surface area contributed by atoms with Gasteiger partial charge >= 0.3 is 12.0 Å². The number of benzene rings is 1. The van der Waals surface area contributed by atoms with Crippen molar-refractivity contribution in [3.05, 3.63) is 29.8 Å². The van der Waals surface area contributed by atoms with E-state index in [2.05, 4.69) is 10.6 Å². The van der Waals surface area contributed by atoms with Gasteiger partial charge in [0.05, 0.1) is 10.5 Å². The standard InChI is InChI=1S/C22H31N3O6S/c1-15-11-16(2)13-25(12-15)32(29,30)19-9-7-17(8-10-19)21(27)31-14-20(26)24-22(28)23-18-5-3-4-6-18/h7-10,15-16,18H,3-6,11-14H2,1-2H3,(H2,23,24,26,28). The second-order valence-electron chi connectivity index (χ2n) is 8.87. The lowest BCUT2D eigenvalue weighted by atomic mass is 9.94. The number of rotatable bonds is 6. The van der Waals surface area contributed by atoms with E-state index in [4.69, 9.17) is 4.74 Å². The van der Waals surface area contributed by atoms with Crippen molar-refractivity contribution in [2.24, 2.45) is 11.8 Å². The largest absolute Gasteiger partial charge is 0.452 e. The highest BCUT2D eigenvalue weighted by molar-refractivity contribution is 7.89. The molecule has 1 aliphatic heterocycles. The molecule has 1 aromatic rings. The molecule has 0 radical (unpaired) electrons. The van der Waals surface area contributed by atoms with E-state index in [1.165, 1.54) is 28.6 Å². The van der Waals surface area contributed by atoms with Crippen molar-refractivity contribution >= 4 is 27.9 Å². The van der Waals surface area contributed by atoms with E-state index in [-0.39, 0.29) is 28.3 Å². The van der Waals surface area contributed by atoms with Crippen molar-refractivity contribution in [3.63, 3.8) is 0 Å². The van der Waals surface area contributed by atoms with Crippen LogP contribution in [0.3, 0.4) is 0 Å². The van der Waals surface area contributed by atoms with Crippen molar-refractivity contribution in [1.82, 2.24) is 14.9 Å².